The lowest BCUT2D eigenvalue weighted by Gasteiger charge is -2.09. The molecule has 5 nitrogen and oxygen atoms in total. The molecular weight excluding hydrogens is 253 g/mol. The van der Waals surface area contributed by atoms with E-state index in [0.29, 0.717) is 5.69 Å². The fraction of sp³-hybridized carbons (Fsp3) is 0.400. The summed E-state index contributed by atoms with van der Waals surface area (Å²) in [6.45, 7) is -1.20. The predicted molar refractivity (Wildman–Crippen MR) is 58.5 cm³/mol. The molecule has 0 aromatic heterocycles. The van der Waals surface area contributed by atoms with E-state index in [2.05, 4.69) is 10.1 Å². The van der Waals surface area contributed by atoms with E-state index in [9.17, 15) is 23.3 Å². The number of hydrogen-bond acceptors (Lipinski definition) is 4. The Balaban J connectivity index is 2.25. The molecule has 0 fully saturated rings. The summed E-state index contributed by atoms with van der Waals surface area (Å²) < 4.78 is 39.5. The maximum atomic E-state index is 11.7. The van der Waals surface area contributed by atoms with Crippen LogP contribution in [0.1, 0.15) is 0 Å². The van der Waals surface area contributed by atoms with Crippen molar-refractivity contribution in [3.63, 3.8) is 0 Å². The SMILES string of the molecule is O=[N+]([O-])c1ccc(NCCOCC(F)(F)F)cc1. The van der Waals surface area contributed by atoms with E-state index in [1.165, 1.54) is 24.3 Å². The summed E-state index contributed by atoms with van der Waals surface area (Å²) in [5, 5.41) is 13.1. The van der Waals surface area contributed by atoms with Crippen LogP contribution in [0, 0.1) is 10.1 Å². The second kappa shape index (κ2) is 6.20. The molecule has 0 spiro atoms. The number of anilines is 1. The molecule has 0 aliphatic heterocycles. The standard InChI is InChI=1S/C10H11F3N2O3/c11-10(12,13)7-18-6-5-14-8-1-3-9(4-2-8)15(16)17/h1-4,14H,5-7H2. The van der Waals surface area contributed by atoms with Crippen LogP contribution in [0.5, 0.6) is 0 Å². The van der Waals surface area contributed by atoms with Crippen molar-refractivity contribution in [3.8, 4) is 0 Å². The number of nitro benzene ring substituents is 1. The molecule has 18 heavy (non-hydrogen) atoms. The molecule has 100 valence electrons. The van der Waals surface area contributed by atoms with Gasteiger partial charge >= 0.3 is 6.18 Å². The number of non-ortho nitro benzene ring substituents is 1. The summed E-state index contributed by atoms with van der Waals surface area (Å²) >= 11 is 0. The average Bonchev–Trinajstić information content (AvgIpc) is 2.27. The fourth-order valence-electron chi connectivity index (χ4n) is 1.16. The number of halogens is 3. The van der Waals surface area contributed by atoms with Gasteiger partial charge in [-0.3, -0.25) is 10.1 Å². The first-order valence-corrected chi connectivity index (χ1v) is 5.01. The highest BCUT2D eigenvalue weighted by Gasteiger charge is 2.27. The van der Waals surface area contributed by atoms with Crippen molar-refractivity contribution in [2.75, 3.05) is 25.1 Å². The molecule has 0 aliphatic rings. The number of alkyl halides is 3. The Hall–Kier alpha value is -1.83. The maximum absolute atomic E-state index is 11.7. The first-order valence-electron chi connectivity index (χ1n) is 5.01. The van der Waals surface area contributed by atoms with Crippen LogP contribution in [0.3, 0.4) is 0 Å². The van der Waals surface area contributed by atoms with E-state index in [1.54, 1.807) is 0 Å². The van der Waals surface area contributed by atoms with Crippen LogP contribution >= 0.6 is 0 Å². The molecule has 8 heteroatoms. The Morgan fingerprint density at radius 1 is 1.28 bits per heavy atom. The molecule has 0 atom stereocenters. The van der Waals surface area contributed by atoms with E-state index in [-0.39, 0.29) is 18.8 Å². The molecule has 1 rings (SSSR count). The van der Waals surface area contributed by atoms with Gasteiger partial charge in [0.25, 0.3) is 5.69 Å². The molecule has 0 bridgehead atoms. The van der Waals surface area contributed by atoms with Crippen molar-refractivity contribution in [2.24, 2.45) is 0 Å². The van der Waals surface area contributed by atoms with E-state index < -0.39 is 17.7 Å². The zero-order valence-electron chi connectivity index (χ0n) is 9.24. The summed E-state index contributed by atoms with van der Waals surface area (Å²) in [7, 11) is 0. The van der Waals surface area contributed by atoms with Crippen LogP contribution in [0.25, 0.3) is 0 Å². The highest BCUT2D eigenvalue weighted by atomic mass is 19.4. The van der Waals surface area contributed by atoms with Crippen molar-refractivity contribution >= 4 is 11.4 Å². The van der Waals surface area contributed by atoms with Crippen LogP contribution in [0.2, 0.25) is 0 Å². The summed E-state index contributed by atoms with van der Waals surface area (Å²) in [5.41, 5.74) is 0.532. The minimum absolute atomic E-state index is 0.0473. The van der Waals surface area contributed by atoms with Gasteiger partial charge in [-0.2, -0.15) is 13.2 Å². The third-order valence-electron chi connectivity index (χ3n) is 1.92. The average molecular weight is 264 g/mol. The molecule has 1 aromatic rings. The molecule has 0 heterocycles. The number of hydrogen-bond donors (Lipinski definition) is 1. The molecule has 0 radical (unpaired) electrons. The zero-order valence-corrected chi connectivity index (χ0v) is 9.24. The normalized spacial score (nSPS) is 11.3. The topological polar surface area (TPSA) is 64.4 Å². The van der Waals surface area contributed by atoms with Gasteiger partial charge < -0.3 is 10.1 Å². The molecule has 0 aliphatic carbocycles. The van der Waals surface area contributed by atoms with Gasteiger partial charge in [0.2, 0.25) is 0 Å². The van der Waals surface area contributed by atoms with E-state index in [4.69, 9.17) is 0 Å². The van der Waals surface area contributed by atoms with Crippen LogP contribution in [-0.4, -0.2) is 30.9 Å². The summed E-state index contributed by atoms with van der Waals surface area (Å²) in [6.07, 6.45) is -4.33. The number of rotatable bonds is 6. The quantitative estimate of drug-likeness (QED) is 0.487. The Labute approximate surface area is 101 Å². The number of benzene rings is 1. The highest BCUT2D eigenvalue weighted by molar-refractivity contribution is 5.48. The Kier molecular flexibility index (Phi) is 4.90. The first-order chi connectivity index (χ1) is 8.38. The van der Waals surface area contributed by atoms with Gasteiger partial charge in [-0.1, -0.05) is 0 Å². The predicted octanol–water partition coefficient (Wildman–Crippen LogP) is 2.59. The first kappa shape index (κ1) is 14.2. The largest absolute Gasteiger partial charge is 0.411 e. The van der Waals surface area contributed by atoms with Gasteiger partial charge in [0.15, 0.2) is 0 Å². The van der Waals surface area contributed by atoms with Crippen molar-refractivity contribution in [1.29, 1.82) is 0 Å². The van der Waals surface area contributed by atoms with Crippen LogP contribution in [0.4, 0.5) is 24.5 Å². The van der Waals surface area contributed by atoms with E-state index in [1.807, 2.05) is 0 Å². The smallest absolute Gasteiger partial charge is 0.383 e. The number of nitrogens with zero attached hydrogens (tertiary/aromatic N) is 1. The van der Waals surface area contributed by atoms with Gasteiger partial charge in [0, 0.05) is 24.4 Å². The summed E-state index contributed by atoms with van der Waals surface area (Å²) in [5.74, 6) is 0. The molecule has 1 N–H and O–H groups in total. The Morgan fingerprint density at radius 3 is 2.39 bits per heavy atom. The lowest BCUT2D eigenvalue weighted by atomic mass is 10.3. The lowest BCUT2D eigenvalue weighted by Crippen LogP contribution is -2.20. The van der Waals surface area contributed by atoms with Crippen LogP contribution < -0.4 is 5.32 Å². The molecule has 0 saturated heterocycles. The lowest BCUT2D eigenvalue weighted by molar-refractivity contribution is -0.384. The van der Waals surface area contributed by atoms with Gasteiger partial charge in [-0.15, -0.1) is 0 Å². The molecule has 0 amide bonds. The van der Waals surface area contributed by atoms with Crippen LogP contribution in [-0.2, 0) is 4.74 Å². The third kappa shape index (κ3) is 5.48. The van der Waals surface area contributed by atoms with Gasteiger partial charge in [-0.05, 0) is 12.1 Å². The number of nitrogens with one attached hydrogen (secondary N) is 1. The number of ether oxygens (including phenoxy) is 1. The van der Waals surface area contributed by atoms with Crippen LogP contribution in [0.15, 0.2) is 24.3 Å². The fourth-order valence-corrected chi connectivity index (χ4v) is 1.16. The van der Waals surface area contributed by atoms with E-state index in [0.717, 1.165) is 0 Å². The second-order valence-corrected chi connectivity index (χ2v) is 3.40. The number of nitro groups is 1. The van der Waals surface area contributed by atoms with Gasteiger partial charge in [0.05, 0.1) is 11.5 Å². The monoisotopic (exact) mass is 264 g/mol. The van der Waals surface area contributed by atoms with Crippen molar-refractivity contribution in [1.82, 2.24) is 0 Å². The second-order valence-electron chi connectivity index (χ2n) is 3.40. The van der Waals surface area contributed by atoms with Crippen molar-refractivity contribution < 1.29 is 22.8 Å². The summed E-state index contributed by atoms with van der Waals surface area (Å²) in [6, 6.07) is 5.56. The molecule has 0 saturated carbocycles. The molecular formula is C10H11F3N2O3. The third-order valence-corrected chi connectivity index (χ3v) is 1.92. The maximum Gasteiger partial charge on any atom is 0.411 e. The van der Waals surface area contributed by atoms with Crippen molar-refractivity contribution in [2.45, 2.75) is 6.18 Å². The van der Waals surface area contributed by atoms with E-state index >= 15 is 0 Å². The molecule has 0 unspecified atom stereocenters. The van der Waals surface area contributed by atoms with Gasteiger partial charge in [-0.25, -0.2) is 0 Å². The Bertz CT molecular complexity index is 392. The van der Waals surface area contributed by atoms with Gasteiger partial charge in [0.1, 0.15) is 6.61 Å². The summed E-state index contributed by atoms with van der Waals surface area (Å²) in [4.78, 5) is 9.83. The molecule has 1 aromatic carbocycles. The Morgan fingerprint density at radius 2 is 1.89 bits per heavy atom. The minimum atomic E-state index is -4.33. The highest BCUT2D eigenvalue weighted by Crippen LogP contribution is 2.16. The zero-order chi connectivity index (χ0) is 13.6. The van der Waals surface area contributed by atoms with Crippen molar-refractivity contribution in [3.05, 3.63) is 34.4 Å². The minimum Gasteiger partial charge on any atom is -0.383 e.